The molecule has 6 nitrogen and oxygen atoms in total. The van der Waals surface area contributed by atoms with Gasteiger partial charge in [0.05, 0.1) is 5.69 Å². The van der Waals surface area contributed by atoms with Crippen LogP contribution in [0.2, 0.25) is 0 Å². The lowest BCUT2D eigenvalue weighted by atomic mass is 10.1. The third kappa shape index (κ3) is 2.91. The fraction of sp³-hybridized carbons (Fsp3) is 0.438. The van der Waals surface area contributed by atoms with Gasteiger partial charge in [-0.25, -0.2) is 4.39 Å². The molecule has 1 aromatic heterocycles. The Hall–Kier alpha value is -2.44. The van der Waals surface area contributed by atoms with Gasteiger partial charge in [0.2, 0.25) is 0 Å². The average Bonchev–Trinajstić information content (AvgIpc) is 2.86. The quantitative estimate of drug-likeness (QED) is 0.844. The van der Waals surface area contributed by atoms with Crippen molar-refractivity contribution in [1.29, 1.82) is 0 Å². The zero-order chi connectivity index (χ0) is 16.6. The molecule has 1 unspecified atom stereocenters. The Labute approximate surface area is 134 Å². The van der Waals surface area contributed by atoms with E-state index in [4.69, 9.17) is 0 Å². The molecule has 0 radical (unpaired) electrons. The molecule has 0 aliphatic carbocycles. The Morgan fingerprint density at radius 1 is 1.35 bits per heavy atom. The van der Waals surface area contributed by atoms with E-state index in [1.54, 1.807) is 17.8 Å². The number of aromatic nitrogens is 3. The van der Waals surface area contributed by atoms with Crippen molar-refractivity contribution in [2.45, 2.75) is 19.9 Å². The molecule has 122 valence electrons. The minimum absolute atomic E-state index is 0.0147. The summed E-state index contributed by atoms with van der Waals surface area (Å²) in [5.41, 5.74) is 2.01. The zero-order valence-electron chi connectivity index (χ0n) is 13.5. The number of rotatable bonds is 2. The van der Waals surface area contributed by atoms with E-state index in [2.05, 4.69) is 15.2 Å². The van der Waals surface area contributed by atoms with Crippen molar-refractivity contribution in [3.8, 4) is 0 Å². The molecule has 23 heavy (non-hydrogen) atoms. The Balaban J connectivity index is 1.74. The lowest BCUT2D eigenvalue weighted by Crippen LogP contribution is -2.54. The van der Waals surface area contributed by atoms with Crippen LogP contribution in [0.5, 0.6) is 0 Å². The predicted octanol–water partition coefficient (Wildman–Crippen LogP) is 1.61. The van der Waals surface area contributed by atoms with Crippen LogP contribution in [0.1, 0.15) is 23.1 Å². The van der Waals surface area contributed by atoms with Gasteiger partial charge in [-0.2, -0.15) is 0 Å². The smallest absolute Gasteiger partial charge is 0.276 e. The van der Waals surface area contributed by atoms with E-state index in [1.165, 1.54) is 12.1 Å². The fourth-order valence-electron chi connectivity index (χ4n) is 2.90. The highest BCUT2D eigenvalue weighted by atomic mass is 19.1. The standard InChI is InChI=1S/C16H20FN5O/c1-11-10-21(14-6-4-5-13(17)9-14)7-8-22(11)16(23)15-12(2)20(3)19-18-15/h4-6,9,11H,7-8,10H2,1-3H3. The van der Waals surface area contributed by atoms with Crippen molar-refractivity contribution in [2.75, 3.05) is 24.5 Å². The van der Waals surface area contributed by atoms with E-state index in [1.807, 2.05) is 24.8 Å². The van der Waals surface area contributed by atoms with E-state index in [9.17, 15) is 9.18 Å². The van der Waals surface area contributed by atoms with Crippen LogP contribution in [-0.2, 0) is 7.05 Å². The van der Waals surface area contributed by atoms with Gasteiger partial charge in [-0.3, -0.25) is 9.48 Å². The summed E-state index contributed by atoms with van der Waals surface area (Å²) in [5, 5.41) is 7.87. The highest BCUT2D eigenvalue weighted by Crippen LogP contribution is 2.21. The van der Waals surface area contributed by atoms with Crippen molar-refractivity contribution in [2.24, 2.45) is 7.05 Å². The van der Waals surface area contributed by atoms with Gasteiger partial charge in [0.1, 0.15) is 5.82 Å². The van der Waals surface area contributed by atoms with E-state index >= 15 is 0 Å². The molecule has 0 N–H and O–H groups in total. The third-order valence-corrected chi connectivity index (χ3v) is 4.37. The van der Waals surface area contributed by atoms with Gasteiger partial charge in [0.15, 0.2) is 5.69 Å². The molecule has 1 fully saturated rings. The maximum Gasteiger partial charge on any atom is 0.276 e. The van der Waals surface area contributed by atoms with Crippen molar-refractivity contribution in [1.82, 2.24) is 19.9 Å². The third-order valence-electron chi connectivity index (χ3n) is 4.37. The molecule has 2 aromatic rings. The van der Waals surface area contributed by atoms with Crippen LogP contribution in [0.25, 0.3) is 0 Å². The van der Waals surface area contributed by atoms with Crippen LogP contribution in [0.15, 0.2) is 24.3 Å². The van der Waals surface area contributed by atoms with Crippen molar-refractivity contribution >= 4 is 11.6 Å². The number of carbonyl (C=O) groups is 1. The first-order valence-electron chi connectivity index (χ1n) is 7.65. The highest BCUT2D eigenvalue weighted by molar-refractivity contribution is 5.93. The SMILES string of the molecule is Cc1c(C(=O)N2CCN(c3cccc(F)c3)CC2C)nnn1C. The van der Waals surface area contributed by atoms with Crippen molar-refractivity contribution in [3.05, 3.63) is 41.5 Å². The number of halogens is 1. The second-order valence-electron chi connectivity index (χ2n) is 5.92. The summed E-state index contributed by atoms with van der Waals surface area (Å²) in [7, 11) is 1.77. The second-order valence-corrected chi connectivity index (χ2v) is 5.92. The number of benzene rings is 1. The van der Waals surface area contributed by atoms with Crippen molar-refractivity contribution in [3.63, 3.8) is 0 Å². The number of hydrogen-bond acceptors (Lipinski definition) is 4. The second kappa shape index (κ2) is 5.98. The number of hydrogen-bond donors (Lipinski definition) is 0. The van der Waals surface area contributed by atoms with Gasteiger partial charge in [0, 0.05) is 38.4 Å². The minimum Gasteiger partial charge on any atom is -0.368 e. The van der Waals surface area contributed by atoms with Crippen LogP contribution in [0.4, 0.5) is 10.1 Å². The van der Waals surface area contributed by atoms with Gasteiger partial charge < -0.3 is 9.80 Å². The molecule has 1 aromatic carbocycles. The van der Waals surface area contributed by atoms with Gasteiger partial charge in [0.25, 0.3) is 5.91 Å². The number of anilines is 1. The van der Waals surface area contributed by atoms with Gasteiger partial charge in [-0.05, 0) is 32.0 Å². The number of piperazine rings is 1. The van der Waals surface area contributed by atoms with Gasteiger partial charge in [-0.15, -0.1) is 5.10 Å². The molecule has 0 bridgehead atoms. The Bertz CT molecular complexity index is 729. The van der Waals surface area contributed by atoms with Gasteiger partial charge >= 0.3 is 0 Å². The number of nitrogens with zero attached hydrogens (tertiary/aromatic N) is 5. The topological polar surface area (TPSA) is 54.3 Å². The van der Waals surface area contributed by atoms with E-state index in [-0.39, 0.29) is 17.8 Å². The Morgan fingerprint density at radius 3 is 2.74 bits per heavy atom. The van der Waals surface area contributed by atoms with Crippen LogP contribution in [0.3, 0.4) is 0 Å². The summed E-state index contributed by atoms with van der Waals surface area (Å²) in [4.78, 5) is 16.6. The predicted molar refractivity (Wildman–Crippen MR) is 84.9 cm³/mol. The largest absolute Gasteiger partial charge is 0.368 e. The summed E-state index contributed by atoms with van der Waals surface area (Å²) < 4.78 is 15.0. The Kier molecular flexibility index (Phi) is 4.02. The average molecular weight is 317 g/mol. The summed E-state index contributed by atoms with van der Waals surface area (Å²) >= 11 is 0. The molecule has 0 saturated carbocycles. The van der Waals surface area contributed by atoms with E-state index < -0.39 is 0 Å². The molecule has 2 heterocycles. The van der Waals surface area contributed by atoms with E-state index in [0.717, 1.165) is 11.4 Å². The first-order valence-corrected chi connectivity index (χ1v) is 7.65. The Morgan fingerprint density at radius 2 is 2.13 bits per heavy atom. The zero-order valence-corrected chi connectivity index (χ0v) is 13.5. The summed E-state index contributed by atoms with van der Waals surface area (Å²) in [5.74, 6) is -0.342. The van der Waals surface area contributed by atoms with Crippen LogP contribution in [0, 0.1) is 12.7 Å². The maximum absolute atomic E-state index is 13.4. The fourth-order valence-corrected chi connectivity index (χ4v) is 2.90. The summed E-state index contributed by atoms with van der Waals surface area (Å²) in [6.45, 7) is 5.73. The monoisotopic (exact) mass is 317 g/mol. The van der Waals surface area contributed by atoms with E-state index in [0.29, 0.717) is 25.3 Å². The number of amides is 1. The lowest BCUT2D eigenvalue weighted by molar-refractivity contribution is 0.0667. The molecule has 1 saturated heterocycles. The van der Waals surface area contributed by atoms with Crippen molar-refractivity contribution < 1.29 is 9.18 Å². The molecule has 1 aliphatic rings. The van der Waals surface area contributed by atoms with Crippen LogP contribution >= 0.6 is 0 Å². The highest BCUT2D eigenvalue weighted by Gasteiger charge is 2.30. The van der Waals surface area contributed by atoms with Gasteiger partial charge in [-0.1, -0.05) is 11.3 Å². The molecular weight excluding hydrogens is 297 g/mol. The summed E-state index contributed by atoms with van der Waals surface area (Å²) in [6, 6.07) is 6.57. The number of carbonyl (C=O) groups excluding carboxylic acids is 1. The molecular formula is C16H20FN5O. The first-order chi connectivity index (χ1) is 11.0. The molecule has 1 atom stereocenters. The summed E-state index contributed by atoms with van der Waals surface area (Å²) in [6.07, 6.45) is 0. The van der Waals surface area contributed by atoms with Crippen LogP contribution < -0.4 is 4.90 Å². The molecule has 0 spiro atoms. The molecule has 3 rings (SSSR count). The first kappa shape index (κ1) is 15.5. The molecule has 1 aliphatic heterocycles. The molecule has 1 amide bonds. The normalized spacial score (nSPS) is 18.3. The lowest BCUT2D eigenvalue weighted by Gasteiger charge is -2.40. The maximum atomic E-state index is 13.4. The number of aryl methyl sites for hydroxylation is 1. The van der Waals surface area contributed by atoms with Crippen LogP contribution in [-0.4, -0.2) is 51.5 Å². The molecule has 7 heteroatoms. The minimum atomic E-state index is -0.246.